The van der Waals surface area contributed by atoms with E-state index in [1.54, 1.807) is 4.31 Å². The number of rotatable bonds is 5. The summed E-state index contributed by atoms with van der Waals surface area (Å²) in [6.07, 6.45) is 5.14. The number of aliphatic imine (C=N–C) groups is 1. The first-order chi connectivity index (χ1) is 15.0. The molecule has 0 saturated carbocycles. The molecule has 7 heteroatoms. The van der Waals surface area contributed by atoms with Crippen molar-refractivity contribution in [1.82, 2.24) is 4.31 Å². The molecule has 1 fully saturated rings. The number of hydrogen-bond donors (Lipinski definition) is 0. The number of piperidine rings is 1. The van der Waals surface area contributed by atoms with Crippen molar-refractivity contribution in [3.05, 3.63) is 89.0 Å². The van der Waals surface area contributed by atoms with E-state index in [1.165, 1.54) is 11.6 Å². The van der Waals surface area contributed by atoms with E-state index in [1.807, 2.05) is 54.6 Å². The summed E-state index contributed by atoms with van der Waals surface area (Å²) in [5, 5.41) is 0.794. The molecule has 2 aromatic rings. The summed E-state index contributed by atoms with van der Waals surface area (Å²) in [4.78, 5) is 4.31. The number of hydrogen-bond acceptors (Lipinski definition) is 4. The van der Waals surface area contributed by atoms with E-state index in [0.717, 1.165) is 41.4 Å². The van der Waals surface area contributed by atoms with Gasteiger partial charge in [0.2, 0.25) is 15.9 Å². The summed E-state index contributed by atoms with van der Waals surface area (Å²) < 4.78 is 31.1. The Morgan fingerprint density at radius 3 is 2.26 bits per heavy atom. The minimum Gasteiger partial charge on any atom is -0.476 e. The number of sulfonamides is 1. The van der Waals surface area contributed by atoms with Gasteiger partial charge in [0.1, 0.15) is 6.61 Å². The Bertz CT molecular complexity index is 1020. The van der Waals surface area contributed by atoms with Gasteiger partial charge in [0.05, 0.1) is 12.3 Å². The molecule has 2 aromatic carbocycles. The molecule has 164 valence electrons. The standard InChI is InChI=1S/C18H22N2O3S.C6H5Cl/c1-2-13-24(21,22)20-10-7-16(8-11-20)14-15-3-5-17(6-4-15)18-19-9-12-23-18;7-6-4-2-1-3-5-6/h2-6,14H,1,7-13H2;1-5H. The Kier molecular flexibility index (Phi) is 8.46. The predicted molar refractivity (Wildman–Crippen MR) is 128 cm³/mol. The van der Waals surface area contributed by atoms with E-state index in [0.29, 0.717) is 19.7 Å². The van der Waals surface area contributed by atoms with Crippen LogP contribution in [0.1, 0.15) is 24.0 Å². The fourth-order valence-corrected chi connectivity index (χ4v) is 4.73. The maximum atomic E-state index is 12.0. The molecule has 1 saturated heterocycles. The van der Waals surface area contributed by atoms with Crippen LogP contribution in [0.2, 0.25) is 5.02 Å². The highest BCUT2D eigenvalue weighted by Crippen LogP contribution is 2.22. The Hall–Kier alpha value is -2.41. The van der Waals surface area contributed by atoms with Crippen LogP contribution in [0, 0.1) is 0 Å². The highest BCUT2D eigenvalue weighted by Gasteiger charge is 2.24. The molecule has 5 nitrogen and oxygen atoms in total. The predicted octanol–water partition coefficient (Wildman–Crippen LogP) is 4.80. The van der Waals surface area contributed by atoms with Gasteiger partial charge in [-0.15, -0.1) is 6.58 Å². The Labute approximate surface area is 189 Å². The van der Waals surface area contributed by atoms with Crippen LogP contribution in [-0.4, -0.2) is 50.6 Å². The Morgan fingerprint density at radius 2 is 1.74 bits per heavy atom. The second-order valence-corrected chi connectivity index (χ2v) is 9.67. The number of halogens is 1. The smallest absolute Gasteiger partial charge is 0.217 e. The van der Waals surface area contributed by atoms with Gasteiger partial charge in [0.25, 0.3) is 0 Å². The minimum atomic E-state index is -3.18. The zero-order valence-corrected chi connectivity index (χ0v) is 19.0. The molecule has 0 spiro atoms. The summed E-state index contributed by atoms with van der Waals surface area (Å²) in [6.45, 7) is 5.99. The average Bonchev–Trinajstić information content (AvgIpc) is 3.31. The second-order valence-electron chi connectivity index (χ2n) is 7.22. The van der Waals surface area contributed by atoms with Gasteiger partial charge in [0, 0.05) is 23.7 Å². The van der Waals surface area contributed by atoms with Crippen molar-refractivity contribution < 1.29 is 13.2 Å². The lowest BCUT2D eigenvalue weighted by Gasteiger charge is -2.27. The highest BCUT2D eigenvalue weighted by atomic mass is 35.5. The van der Waals surface area contributed by atoms with Crippen molar-refractivity contribution in [2.75, 3.05) is 32.0 Å². The first-order valence-corrected chi connectivity index (χ1v) is 12.2. The van der Waals surface area contributed by atoms with Crippen LogP contribution >= 0.6 is 11.6 Å². The summed E-state index contributed by atoms with van der Waals surface area (Å²) in [7, 11) is -3.18. The molecule has 31 heavy (non-hydrogen) atoms. The van der Waals surface area contributed by atoms with Gasteiger partial charge in [-0.1, -0.05) is 59.7 Å². The third-order valence-electron chi connectivity index (χ3n) is 4.93. The normalized spacial score (nSPS) is 16.5. The van der Waals surface area contributed by atoms with Gasteiger partial charge < -0.3 is 4.74 Å². The lowest BCUT2D eigenvalue weighted by Crippen LogP contribution is -2.37. The molecule has 0 unspecified atom stereocenters. The van der Waals surface area contributed by atoms with E-state index >= 15 is 0 Å². The van der Waals surface area contributed by atoms with E-state index < -0.39 is 10.0 Å². The first kappa shape index (κ1) is 23.3. The van der Waals surface area contributed by atoms with Gasteiger partial charge >= 0.3 is 0 Å². The molecular formula is C24H27ClN2O3S. The SMILES string of the molecule is C=CCS(=O)(=O)N1CCC(=Cc2ccc(C3=NCCO3)cc2)CC1.Clc1ccccc1. The van der Waals surface area contributed by atoms with E-state index in [9.17, 15) is 8.42 Å². The Morgan fingerprint density at radius 1 is 1.06 bits per heavy atom. The van der Waals surface area contributed by atoms with Crippen LogP contribution in [0.4, 0.5) is 0 Å². The molecule has 0 aromatic heterocycles. The molecule has 2 aliphatic rings. The zero-order chi connectivity index (χ0) is 22.1. The van der Waals surface area contributed by atoms with Gasteiger partial charge in [-0.05, 0) is 42.7 Å². The van der Waals surface area contributed by atoms with Crippen LogP contribution in [-0.2, 0) is 14.8 Å². The minimum absolute atomic E-state index is 0.0134. The van der Waals surface area contributed by atoms with Crippen molar-refractivity contribution >= 4 is 33.6 Å². The first-order valence-electron chi connectivity index (χ1n) is 10.2. The van der Waals surface area contributed by atoms with Gasteiger partial charge in [-0.2, -0.15) is 0 Å². The van der Waals surface area contributed by atoms with Crippen molar-refractivity contribution in [1.29, 1.82) is 0 Å². The summed E-state index contributed by atoms with van der Waals surface area (Å²) in [5.41, 5.74) is 3.40. The molecule has 0 N–H and O–H groups in total. The number of ether oxygens (including phenoxy) is 1. The molecule has 2 heterocycles. The molecule has 0 amide bonds. The lowest BCUT2D eigenvalue weighted by atomic mass is 10.0. The number of benzene rings is 2. The van der Waals surface area contributed by atoms with Crippen molar-refractivity contribution in [3.63, 3.8) is 0 Å². The van der Waals surface area contributed by atoms with Crippen LogP contribution in [0.5, 0.6) is 0 Å². The second kappa shape index (κ2) is 11.3. The largest absolute Gasteiger partial charge is 0.476 e. The van der Waals surface area contributed by atoms with E-state index in [-0.39, 0.29) is 5.75 Å². The lowest BCUT2D eigenvalue weighted by molar-refractivity contribution is 0.348. The molecular weight excluding hydrogens is 432 g/mol. The summed E-state index contributed by atoms with van der Waals surface area (Å²) >= 11 is 5.54. The fourth-order valence-electron chi connectivity index (χ4n) is 3.33. The molecule has 0 radical (unpaired) electrons. The van der Waals surface area contributed by atoms with Crippen LogP contribution in [0.25, 0.3) is 6.08 Å². The van der Waals surface area contributed by atoms with Crippen molar-refractivity contribution in [2.24, 2.45) is 4.99 Å². The fraction of sp³-hybridized carbons (Fsp3) is 0.292. The molecule has 0 atom stereocenters. The van der Waals surface area contributed by atoms with Crippen LogP contribution in [0.3, 0.4) is 0 Å². The zero-order valence-electron chi connectivity index (χ0n) is 17.4. The van der Waals surface area contributed by atoms with E-state index in [4.69, 9.17) is 16.3 Å². The van der Waals surface area contributed by atoms with Crippen molar-refractivity contribution in [2.45, 2.75) is 12.8 Å². The number of nitrogens with zero attached hydrogens (tertiary/aromatic N) is 2. The molecule has 2 aliphatic heterocycles. The van der Waals surface area contributed by atoms with Crippen LogP contribution in [0.15, 0.2) is 77.8 Å². The van der Waals surface area contributed by atoms with Crippen molar-refractivity contribution in [3.8, 4) is 0 Å². The summed E-state index contributed by atoms with van der Waals surface area (Å²) in [6, 6.07) is 17.6. The monoisotopic (exact) mass is 458 g/mol. The maximum Gasteiger partial charge on any atom is 0.217 e. The van der Waals surface area contributed by atoms with E-state index in [2.05, 4.69) is 17.6 Å². The van der Waals surface area contributed by atoms with Crippen LogP contribution < -0.4 is 0 Å². The highest BCUT2D eigenvalue weighted by molar-refractivity contribution is 7.89. The third-order valence-corrected chi connectivity index (χ3v) is 6.99. The molecule has 0 aliphatic carbocycles. The van der Waals surface area contributed by atoms with Gasteiger partial charge in [-0.25, -0.2) is 17.7 Å². The Balaban J connectivity index is 0.000000330. The average molecular weight is 459 g/mol. The molecule has 0 bridgehead atoms. The van der Waals surface area contributed by atoms with Gasteiger partial charge in [-0.3, -0.25) is 0 Å². The summed E-state index contributed by atoms with van der Waals surface area (Å²) in [5.74, 6) is 0.731. The topological polar surface area (TPSA) is 59.0 Å². The molecule has 4 rings (SSSR count). The maximum absolute atomic E-state index is 12.0. The third kappa shape index (κ3) is 7.06. The quantitative estimate of drug-likeness (QED) is 0.605. The van der Waals surface area contributed by atoms with Gasteiger partial charge in [0.15, 0.2) is 0 Å².